The lowest BCUT2D eigenvalue weighted by atomic mass is 9.78. The van der Waals surface area contributed by atoms with Crippen molar-refractivity contribution in [3.8, 4) is 0 Å². The number of carboxylic acid groups (broad SMARTS) is 1. The molecule has 1 aromatic carbocycles. The van der Waals surface area contributed by atoms with E-state index in [0.717, 1.165) is 31.6 Å². The lowest BCUT2D eigenvalue weighted by molar-refractivity contribution is -0.151. The van der Waals surface area contributed by atoms with Crippen LogP contribution in [-0.4, -0.2) is 60.3 Å². The van der Waals surface area contributed by atoms with Gasteiger partial charge in [-0.15, -0.1) is 0 Å². The predicted molar refractivity (Wildman–Crippen MR) is 87.7 cm³/mol. The summed E-state index contributed by atoms with van der Waals surface area (Å²) in [4.78, 5) is 28.6. The van der Waals surface area contributed by atoms with Gasteiger partial charge in [-0.25, -0.2) is 0 Å². The van der Waals surface area contributed by atoms with Gasteiger partial charge in [0.15, 0.2) is 0 Å². The molecule has 0 aliphatic carbocycles. The van der Waals surface area contributed by atoms with Gasteiger partial charge in [0.25, 0.3) is 0 Å². The van der Waals surface area contributed by atoms with Gasteiger partial charge in [0.2, 0.25) is 5.91 Å². The van der Waals surface area contributed by atoms with E-state index >= 15 is 0 Å². The smallest absolute Gasteiger partial charge is 0.310 e. The highest BCUT2D eigenvalue weighted by Crippen LogP contribution is 2.44. The van der Waals surface area contributed by atoms with Crippen LogP contribution < -0.4 is 4.90 Å². The van der Waals surface area contributed by atoms with Crippen molar-refractivity contribution >= 4 is 17.6 Å². The van der Waals surface area contributed by atoms with Crippen molar-refractivity contribution in [3.63, 3.8) is 0 Å². The Balaban J connectivity index is 1.42. The Labute approximate surface area is 141 Å². The van der Waals surface area contributed by atoms with Crippen molar-refractivity contribution < 1.29 is 19.4 Å². The van der Waals surface area contributed by atoms with Crippen LogP contribution in [0.5, 0.6) is 0 Å². The lowest BCUT2D eigenvalue weighted by Gasteiger charge is -2.38. The summed E-state index contributed by atoms with van der Waals surface area (Å²) in [6.07, 6.45) is 1.06. The second kappa shape index (κ2) is 6.09. The first kappa shape index (κ1) is 15.4. The number of amides is 1. The van der Waals surface area contributed by atoms with E-state index in [4.69, 9.17) is 4.74 Å². The second-order valence-electron chi connectivity index (χ2n) is 6.83. The fraction of sp³-hybridized carbons (Fsp3) is 0.556. The Morgan fingerprint density at radius 1 is 0.958 bits per heavy atom. The zero-order valence-electron chi connectivity index (χ0n) is 13.5. The summed E-state index contributed by atoms with van der Waals surface area (Å²) in [6.45, 7) is 2.81. The number of rotatable bonds is 3. The van der Waals surface area contributed by atoms with E-state index in [1.54, 1.807) is 0 Å². The molecule has 0 spiro atoms. The van der Waals surface area contributed by atoms with Crippen LogP contribution in [0.4, 0.5) is 5.69 Å². The molecule has 128 valence electrons. The molecule has 3 aliphatic heterocycles. The zero-order chi connectivity index (χ0) is 16.7. The minimum absolute atomic E-state index is 0.0395. The van der Waals surface area contributed by atoms with E-state index in [1.807, 2.05) is 23.1 Å². The minimum atomic E-state index is -0.900. The third-order valence-electron chi connectivity index (χ3n) is 5.56. The summed E-state index contributed by atoms with van der Waals surface area (Å²) in [7, 11) is 0. The Morgan fingerprint density at radius 3 is 2.21 bits per heavy atom. The highest BCUT2D eigenvalue weighted by Gasteiger charge is 2.56. The number of hydrogen-bond acceptors (Lipinski definition) is 4. The first-order chi connectivity index (χ1) is 11.6. The first-order valence-electron chi connectivity index (χ1n) is 8.62. The molecule has 0 aromatic heterocycles. The highest BCUT2D eigenvalue weighted by molar-refractivity contribution is 5.86. The predicted octanol–water partition coefficient (Wildman–Crippen LogP) is 1.21. The molecular weight excluding hydrogens is 308 g/mol. The van der Waals surface area contributed by atoms with E-state index in [0.29, 0.717) is 13.1 Å². The molecule has 1 aromatic rings. The lowest BCUT2D eigenvalue weighted by Crippen LogP contribution is -2.53. The number of para-hydroxylation sites is 1. The molecule has 4 rings (SSSR count). The van der Waals surface area contributed by atoms with Gasteiger partial charge in [0.1, 0.15) is 0 Å². The molecule has 6 nitrogen and oxygen atoms in total. The molecule has 4 atom stereocenters. The number of benzene rings is 1. The molecule has 0 saturated carbocycles. The van der Waals surface area contributed by atoms with Gasteiger partial charge in [-0.2, -0.15) is 0 Å². The van der Waals surface area contributed by atoms with Crippen molar-refractivity contribution in [2.75, 3.05) is 31.1 Å². The number of fused-ring (bicyclic) bond motifs is 2. The Bertz CT molecular complexity index is 627. The molecule has 3 saturated heterocycles. The number of ether oxygens (including phenoxy) is 1. The number of nitrogens with zero attached hydrogens (tertiary/aromatic N) is 2. The number of carboxylic acids is 1. The maximum Gasteiger partial charge on any atom is 0.310 e. The van der Waals surface area contributed by atoms with E-state index in [9.17, 15) is 14.7 Å². The molecule has 3 fully saturated rings. The summed E-state index contributed by atoms with van der Waals surface area (Å²) in [6, 6.07) is 10.2. The molecule has 24 heavy (non-hydrogen) atoms. The number of piperazine rings is 1. The molecular formula is C18H22N2O4. The average molecular weight is 330 g/mol. The molecule has 3 heterocycles. The van der Waals surface area contributed by atoms with Crippen molar-refractivity contribution in [1.82, 2.24) is 4.90 Å². The molecule has 0 radical (unpaired) electrons. The third-order valence-corrected chi connectivity index (χ3v) is 5.56. The van der Waals surface area contributed by atoms with Crippen LogP contribution in [0, 0.1) is 11.8 Å². The summed E-state index contributed by atoms with van der Waals surface area (Å²) < 4.78 is 5.72. The minimum Gasteiger partial charge on any atom is -0.481 e. The van der Waals surface area contributed by atoms with Crippen molar-refractivity contribution in [2.24, 2.45) is 11.8 Å². The van der Waals surface area contributed by atoms with E-state index in [1.165, 1.54) is 0 Å². The standard InChI is InChI=1S/C18H22N2O4/c21-17(15-13-6-7-14(24-13)16(15)18(22)23)20-10-8-19(9-11-20)12-4-2-1-3-5-12/h1-5,13-16H,6-11H2,(H,22,23)/t13-,14-,15-,16-/m0/s1. The van der Waals surface area contributed by atoms with Gasteiger partial charge >= 0.3 is 5.97 Å². The molecule has 0 unspecified atom stereocenters. The van der Waals surface area contributed by atoms with Crippen LogP contribution >= 0.6 is 0 Å². The summed E-state index contributed by atoms with van der Waals surface area (Å²) in [5.74, 6) is -2.13. The van der Waals surface area contributed by atoms with Crippen LogP contribution in [-0.2, 0) is 14.3 Å². The number of hydrogen-bond donors (Lipinski definition) is 1. The van der Waals surface area contributed by atoms with E-state index in [2.05, 4.69) is 17.0 Å². The van der Waals surface area contributed by atoms with Gasteiger partial charge in [0, 0.05) is 31.9 Å². The Kier molecular flexibility index (Phi) is 3.92. The quantitative estimate of drug-likeness (QED) is 0.902. The Hall–Kier alpha value is -2.08. The van der Waals surface area contributed by atoms with Crippen molar-refractivity contribution in [3.05, 3.63) is 30.3 Å². The largest absolute Gasteiger partial charge is 0.481 e. The third kappa shape index (κ3) is 2.55. The van der Waals surface area contributed by atoms with Crippen LogP contribution in [0.25, 0.3) is 0 Å². The van der Waals surface area contributed by atoms with Crippen LogP contribution in [0.2, 0.25) is 0 Å². The zero-order valence-corrected chi connectivity index (χ0v) is 13.5. The SMILES string of the molecule is O=C(O)[C@@H]1[C@@H](C(=O)N2CCN(c3ccccc3)CC2)[C@@H]2CC[C@@H]1O2. The summed E-state index contributed by atoms with van der Waals surface area (Å²) >= 11 is 0. The van der Waals surface area contributed by atoms with Crippen molar-refractivity contribution in [2.45, 2.75) is 25.0 Å². The van der Waals surface area contributed by atoms with Gasteiger partial charge in [0.05, 0.1) is 24.0 Å². The molecule has 6 heteroatoms. The topological polar surface area (TPSA) is 70.1 Å². The fourth-order valence-corrected chi connectivity index (χ4v) is 4.34. The normalized spacial score (nSPS) is 32.2. The summed E-state index contributed by atoms with van der Waals surface area (Å²) in [5, 5.41) is 9.48. The number of anilines is 1. The van der Waals surface area contributed by atoms with Crippen LogP contribution in [0.1, 0.15) is 12.8 Å². The van der Waals surface area contributed by atoms with E-state index < -0.39 is 17.8 Å². The second-order valence-corrected chi connectivity index (χ2v) is 6.83. The van der Waals surface area contributed by atoms with Gasteiger partial charge < -0.3 is 19.6 Å². The summed E-state index contributed by atoms with van der Waals surface area (Å²) in [5.41, 5.74) is 1.16. The van der Waals surface area contributed by atoms with Gasteiger partial charge in [-0.05, 0) is 25.0 Å². The molecule has 3 aliphatic rings. The van der Waals surface area contributed by atoms with Crippen LogP contribution in [0.3, 0.4) is 0 Å². The van der Waals surface area contributed by atoms with Crippen molar-refractivity contribution in [1.29, 1.82) is 0 Å². The number of carbonyl (C=O) groups is 2. The van der Waals surface area contributed by atoms with Crippen LogP contribution in [0.15, 0.2) is 30.3 Å². The molecule has 1 N–H and O–H groups in total. The number of carbonyl (C=O) groups excluding carboxylic acids is 1. The average Bonchev–Trinajstić information content (AvgIpc) is 3.23. The highest BCUT2D eigenvalue weighted by atomic mass is 16.5. The fourth-order valence-electron chi connectivity index (χ4n) is 4.34. The first-order valence-corrected chi connectivity index (χ1v) is 8.62. The van der Waals surface area contributed by atoms with Gasteiger partial charge in [-0.1, -0.05) is 18.2 Å². The maximum absolute atomic E-state index is 12.9. The molecule has 1 amide bonds. The number of aliphatic carboxylic acids is 1. The Morgan fingerprint density at radius 2 is 1.58 bits per heavy atom. The molecule has 2 bridgehead atoms. The maximum atomic E-state index is 12.9. The van der Waals surface area contributed by atoms with Gasteiger partial charge in [-0.3, -0.25) is 9.59 Å². The monoisotopic (exact) mass is 330 g/mol. The van der Waals surface area contributed by atoms with E-state index in [-0.39, 0.29) is 18.1 Å².